The maximum Gasteiger partial charge on any atom is 0.219 e. The number of aliphatic hydroxyl groups excluding tert-OH is 2. The van der Waals surface area contributed by atoms with Gasteiger partial charge in [-0.05, 0) is 44.0 Å². The van der Waals surface area contributed by atoms with E-state index < -0.39 is 12.2 Å². The number of aliphatic hydroxyl groups is 2. The van der Waals surface area contributed by atoms with E-state index in [1.165, 1.54) is 11.8 Å². The summed E-state index contributed by atoms with van der Waals surface area (Å²) in [5.74, 6) is 0.657. The molecule has 1 aromatic heterocycles. The van der Waals surface area contributed by atoms with Crippen LogP contribution in [0.2, 0.25) is 0 Å². The number of nitrogens with one attached hydrogen (secondary N) is 1. The Hall–Kier alpha value is -2.42. The predicted octanol–water partition coefficient (Wildman–Crippen LogP) is 1.01. The fourth-order valence-electron chi connectivity index (χ4n) is 3.79. The van der Waals surface area contributed by atoms with Crippen LogP contribution in [0.4, 0.5) is 0 Å². The second-order valence-electron chi connectivity index (χ2n) is 8.01. The van der Waals surface area contributed by atoms with Gasteiger partial charge in [0.25, 0.3) is 0 Å². The zero-order valence-corrected chi connectivity index (χ0v) is 17.9. The van der Waals surface area contributed by atoms with Crippen LogP contribution in [0.1, 0.15) is 30.3 Å². The molecule has 1 aliphatic heterocycles. The van der Waals surface area contributed by atoms with Crippen LogP contribution in [0.25, 0.3) is 0 Å². The molecule has 3 N–H and O–H groups in total. The molecular weight excluding hydrogens is 384 g/mol. The Kier molecular flexibility index (Phi) is 7.47. The fraction of sp³-hybridized carbons (Fsp3) is 0.545. The molecule has 3 atom stereocenters. The number of benzene rings is 1. The average molecular weight is 417 g/mol. The lowest BCUT2D eigenvalue weighted by atomic mass is 10.0. The van der Waals surface area contributed by atoms with E-state index in [4.69, 9.17) is 4.74 Å². The van der Waals surface area contributed by atoms with E-state index in [-0.39, 0.29) is 25.0 Å². The molecule has 2 aromatic rings. The van der Waals surface area contributed by atoms with Crippen molar-refractivity contribution in [1.82, 2.24) is 20.0 Å². The zero-order valence-electron chi connectivity index (χ0n) is 17.9. The van der Waals surface area contributed by atoms with Gasteiger partial charge in [-0.1, -0.05) is 12.1 Å². The van der Waals surface area contributed by atoms with E-state index in [1.54, 1.807) is 0 Å². The minimum Gasteiger partial charge on any atom is -0.492 e. The van der Waals surface area contributed by atoms with Crippen molar-refractivity contribution in [3.8, 4) is 5.75 Å². The number of β-amino-alcohol motifs (C(OH)–C–C–N with tert-alkyl or cyclic N) is 2. The average Bonchev–Trinajstić information content (AvgIpc) is 2.93. The number of likely N-dealkylation sites (tertiary alicyclic amines) is 1. The molecule has 3 rings (SSSR count). The Morgan fingerprint density at radius 2 is 1.97 bits per heavy atom. The Bertz CT molecular complexity index is 836. The molecule has 1 saturated heterocycles. The molecule has 0 unspecified atom stereocenters. The Balaban J connectivity index is 1.47. The highest BCUT2D eigenvalue weighted by Gasteiger charge is 2.30. The molecule has 0 radical (unpaired) electrons. The second kappa shape index (κ2) is 10.1. The number of aryl methyl sites for hydroxylation is 2. The summed E-state index contributed by atoms with van der Waals surface area (Å²) in [7, 11) is 0. The van der Waals surface area contributed by atoms with Crippen LogP contribution in [-0.2, 0) is 17.9 Å². The number of carbonyl (C=O) groups excluding carboxylic acids is 1. The number of nitrogens with zero attached hydrogens (tertiary/aromatic N) is 3. The van der Waals surface area contributed by atoms with Crippen molar-refractivity contribution in [2.45, 2.75) is 58.5 Å². The minimum absolute atomic E-state index is 0.137. The number of carbonyl (C=O) groups is 1. The van der Waals surface area contributed by atoms with Crippen molar-refractivity contribution in [3.05, 3.63) is 47.3 Å². The lowest BCUT2D eigenvalue weighted by molar-refractivity contribution is -0.131. The van der Waals surface area contributed by atoms with Crippen molar-refractivity contribution in [2.75, 3.05) is 19.7 Å². The first kappa shape index (κ1) is 22.3. The third-order valence-electron chi connectivity index (χ3n) is 5.44. The van der Waals surface area contributed by atoms with Gasteiger partial charge in [0.2, 0.25) is 5.91 Å². The van der Waals surface area contributed by atoms with Gasteiger partial charge < -0.3 is 25.2 Å². The summed E-state index contributed by atoms with van der Waals surface area (Å²) in [5, 5.41) is 28.3. The van der Waals surface area contributed by atoms with Crippen molar-refractivity contribution >= 4 is 5.91 Å². The van der Waals surface area contributed by atoms with Gasteiger partial charge >= 0.3 is 0 Å². The van der Waals surface area contributed by atoms with Crippen LogP contribution in [0.3, 0.4) is 0 Å². The van der Waals surface area contributed by atoms with Crippen LogP contribution >= 0.6 is 0 Å². The maximum absolute atomic E-state index is 11.6. The molecule has 2 heterocycles. The van der Waals surface area contributed by atoms with Crippen LogP contribution in [0, 0.1) is 13.8 Å². The third kappa shape index (κ3) is 6.04. The molecule has 1 aliphatic rings. The van der Waals surface area contributed by atoms with E-state index in [9.17, 15) is 15.0 Å². The van der Waals surface area contributed by atoms with Crippen LogP contribution in [0.15, 0.2) is 30.3 Å². The molecule has 164 valence electrons. The molecular formula is C22H32N4O4. The Morgan fingerprint density at radius 3 is 2.60 bits per heavy atom. The van der Waals surface area contributed by atoms with Gasteiger partial charge in [0.05, 0.1) is 24.4 Å². The van der Waals surface area contributed by atoms with E-state index in [0.29, 0.717) is 26.1 Å². The number of amides is 1. The highest BCUT2D eigenvalue weighted by molar-refractivity contribution is 5.73. The summed E-state index contributed by atoms with van der Waals surface area (Å²) in [6, 6.07) is 9.58. The van der Waals surface area contributed by atoms with E-state index in [2.05, 4.69) is 10.4 Å². The summed E-state index contributed by atoms with van der Waals surface area (Å²) >= 11 is 0. The maximum atomic E-state index is 11.6. The first-order valence-electron chi connectivity index (χ1n) is 10.4. The van der Waals surface area contributed by atoms with Crippen molar-refractivity contribution in [3.63, 3.8) is 0 Å². The summed E-state index contributed by atoms with van der Waals surface area (Å²) in [4.78, 5) is 13.1. The Labute approximate surface area is 177 Å². The van der Waals surface area contributed by atoms with Gasteiger partial charge in [0, 0.05) is 38.3 Å². The highest BCUT2D eigenvalue weighted by atomic mass is 16.5. The van der Waals surface area contributed by atoms with E-state index in [1.807, 2.05) is 48.9 Å². The zero-order chi connectivity index (χ0) is 21.7. The fourth-order valence-corrected chi connectivity index (χ4v) is 3.79. The first-order valence-corrected chi connectivity index (χ1v) is 10.4. The molecule has 0 spiro atoms. The Morgan fingerprint density at radius 1 is 1.23 bits per heavy atom. The van der Waals surface area contributed by atoms with Gasteiger partial charge in [-0.2, -0.15) is 5.10 Å². The largest absolute Gasteiger partial charge is 0.492 e. The molecule has 1 aromatic carbocycles. The minimum atomic E-state index is -0.719. The van der Waals surface area contributed by atoms with Gasteiger partial charge in [-0.25, -0.2) is 0 Å². The SMILES string of the molecule is CC(=O)N1C[C@H](O)C[C@@H](NCc2ccc(OCCn3nc(C)cc3C)cc2)[C@H](O)C1. The lowest BCUT2D eigenvalue weighted by Gasteiger charge is -2.24. The molecule has 30 heavy (non-hydrogen) atoms. The van der Waals surface area contributed by atoms with E-state index >= 15 is 0 Å². The van der Waals surface area contributed by atoms with Crippen LogP contribution < -0.4 is 10.1 Å². The van der Waals surface area contributed by atoms with Crippen molar-refractivity contribution in [1.29, 1.82) is 0 Å². The van der Waals surface area contributed by atoms with Gasteiger partial charge in [0.1, 0.15) is 12.4 Å². The summed E-state index contributed by atoms with van der Waals surface area (Å²) in [6.07, 6.45) is -0.970. The molecule has 1 fully saturated rings. The molecule has 1 amide bonds. The van der Waals surface area contributed by atoms with E-state index in [0.717, 1.165) is 22.7 Å². The van der Waals surface area contributed by atoms with Gasteiger partial charge in [-0.15, -0.1) is 0 Å². The third-order valence-corrected chi connectivity index (χ3v) is 5.44. The molecule has 0 saturated carbocycles. The number of rotatable bonds is 7. The smallest absolute Gasteiger partial charge is 0.219 e. The van der Waals surface area contributed by atoms with Gasteiger partial charge in [-0.3, -0.25) is 9.48 Å². The lowest BCUT2D eigenvalue weighted by Crippen LogP contribution is -2.44. The normalized spacial score (nSPS) is 22.0. The standard InChI is InChI=1S/C22H32N4O4/c1-15-10-16(2)26(24-15)8-9-30-20-6-4-18(5-7-20)12-23-21-11-19(28)13-25(17(3)27)14-22(21)29/h4-7,10,19,21-23,28-29H,8-9,11-14H2,1-3H3/t19-,21-,22-/m1/s1. The summed E-state index contributed by atoms with van der Waals surface area (Å²) in [5.41, 5.74) is 3.18. The van der Waals surface area contributed by atoms with Crippen molar-refractivity contribution < 1.29 is 19.7 Å². The number of hydrogen-bond donors (Lipinski definition) is 3. The monoisotopic (exact) mass is 416 g/mol. The van der Waals surface area contributed by atoms with Crippen LogP contribution in [0.5, 0.6) is 5.75 Å². The summed E-state index contributed by atoms with van der Waals surface area (Å²) in [6.45, 7) is 7.74. The highest BCUT2D eigenvalue weighted by Crippen LogP contribution is 2.16. The number of aromatic nitrogens is 2. The topological polar surface area (TPSA) is 99.9 Å². The summed E-state index contributed by atoms with van der Waals surface area (Å²) < 4.78 is 7.75. The van der Waals surface area contributed by atoms with Crippen molar-refractivity contribution in [2.24, 2.45) is 0 Å². The van der Waals surface area contributed by atoms with Crippen LogP contribution in [-0.4, -0.2) is 68.7 Å². The first-order chi connectivity index (χ1) is 14.3. The molecule has 0 bridgehead atoms. The quantitative estimate of drug-likeness (QED) is 0.623. The number of hydrogen-bond acceptors (Lipinski definition) is 6. The predicted molar refractivity (Wildman–Crippen MR) is 113 cm³/mol. The second-order valence-corrected chi connectivity index (χ2v) is 8.01. The number of ether oxygens (including phenoxy) is 1. The molecule has 8 nitrogen and oxygen atoms in total. The molecule has 0 aliphatic carbocycles. The molecule has 8 heteroatoms. The van der Waals surface area contributed by atoms with Gasteiger partial charge in [0.15, 0.2) is 0 Å².